The van der Waals surface area contributed by atoms with Gasteiger partial charge in [0.25, 0.3) is 5.56 Å². The molecule has 140 valence electrons. The molecule has 6 heteroatoms. The van der Waals surface area contributed by atoms with E-state index >= 15 is 0 Å². The van der Waals surface area contributed by atoms with Gasteiger partial charge in [-0.25, -0.2) is 4.68 Å². The summed E-state index contributed by atoms with van der Waals surface area (Å²) in [6.45, 7) is 2.69. The fourth-order valence-electron chi connectivity index (χ4n) is 3.09. The van der Waals surface area contributed by atoms with Crippen LogP contribution in [0.4, 0.5) is 5.69 Å². The molecule has 1 N–H and O–H groups in total. The molecule has 0 radical (unpaired) electrons. The first-order valence-electron chi connectivity index (χ1n) is 8.83. The maximum Gasteiger partial charge on any atom is 0.295 e. The highest BCUT2D eigenvalue weighted by molar-refractivity contribution is 5.92. The van der Waals surface area contributed by atoms with E-state index in [9.17, 15) is 9.59 Å². The van der Waals surface area contributed by atoms with Gasteiger partial charge in [0.15, 0.2) is 0 Å². The Hall–Kier alpha value is -3.12. The Kier molecular flexibility index (Phi) is 5.57. The number of rotatable bonds is 6. The Balaban J connectivity index is 1.74. The molecule has 3 rings (SSSR count). The Morgan fingerprint density at radius 3 is 2.26 bits per heavy atom. The number of hydrogen-bond acceptors (Lipinski definition) is 3. The Morgan fingerprint density at radius 2 is 1.63 bits per heavy atom. The molecule has 0 bridgehead atoms. The highest BCUT2D eigenvalue weighted by Crippen LogP contribution is 2.14. The van der Waals surface area contributed by atoms with Gasteiger partial charge in [0, 0.05) is 13.6 Å². The number of nitrogens with one attached hydrogen (secondary N) is 1. The van der Waals surface area contributed by atoms with Crippen molar-refractivity contribution in [1.29, 1.82) is 0 Å². The molecule has 1 aromatic heterocycles. The molecule has 2 aromatic carbocycles. The maximum absolute atomic E-state index is 12.8. The number of carbonyl (C=O) groups excluding carboxylic acids is 1. The van der Waals surface area contributed by atoms with E-state index in [4.69, 9.17) is 0 Å². The fourth-order valence-corrected chi connectivity index (χ4v) is 3.09. The number of benzene rings is 2. The van der Waals surface area contributed by atoms with Crippen molar-refractivity contribution in [3.63, 3.8) is 0 Å². The normalized spacial score (nSPS) is 11.0. The molecular weight excluding hydrogens is 340 g/mol. The Labute approximate surface area is 158 Å². The van der Waals surface area contributed by atoms with Gasteiger partial charge in [-0.15, -0.1) is 0 Å². The van der Waals surface area contributed by atoms with Crippen molar-refractivity contribution in [1.82, 2.24) is 14.3 Å². The molecule has 0 saturated carbocycles. The summed E-state index contributed by atoms with van der Waals surface area (Å²) in [7, 11) is 3.69. The molecule has 0 unspecified atom stereocenters. The van der Waals surface area contributed by atoms with Crippen molar-refractivity contribution in [3.8, 4) is 5.69 Å². The molecule has 27 heavy (non-hydrogen) atoms. The molecule has 1 heterocycles. The molecule has 0 saturated heterocycles. The van der Waals surface area contributed by atoms with Crippen LogP contribution in [0.5, 0.6) is 0 Å². The van der Waals surface area contributed by atoms with Crippen LogP contribution in [0.2, 0.25) is 0 Å². The first-order chi connectivity index (χ1) is 13.0. The summed E-state index contributed by atoms with van der Waals surface area (Å²) >= 11 is 0. The van der Waals surface area contributed by atoms with Crippen LogP contribution in [0, 0.1) is 6.92 Å². The molecule has 1 amide bonds. The highest BCUT2D eigenvalue weighted by Gasteiger charge is 2.18. The maximum atomic E-state index is 12.8. The predicted molar refractivity (Wildman–Crippen MR) is 107 cm³/mol. The predicted octanol–water partition coefficient (Wildman–Crippen LogP) is 2.55. The quantitative estimate of drug-likeness (QED) is 0.731. The van der Waals surface area contributed by atoms with Crippen LogP contribution in [0.25, 0.3) is 5.69 Å². The van der Waals surface area contributed by atoms with Crippen LogP contribution in [0.3, 0.4) is 0 Å². The first-order valence-corrected chi connectivity index (χ1v) is 8.83. The van der Waals surface area contributed by atoms with Crippen molar-refractivity contribution in [2.45, 2.75) is 13.5 Å². The summed E-state index contributed by atoms with van der Waals surface area (Å²) in [6.07, 6.45) is 0. The number of anilines is 1. The van der Waals surface area contributed by atoms with Gasteiger partial charge in [-0.2, -0.15) is 0 Å². The van der Waals surface area contributed by atoms with E-state index in [1.807, 2.05) is 79.5 Å². The number of hydrogen-bond donors (Lipinski definition) is 1. The number of likely N-dealkylation sites (N-methyl/N-ethyl adjacent to an activating group) is 1. The van der Waals surface area contributed by atoms with Crippen LogP contribution >= 0.6 is 0 Å². The third-order valence-electron chi connectivity index (χ3n) is 4.53. The van der Waals surface area contributed by atoms with E-state index in [1.165, 1.54) is 0 Å². The summed E-state index contributed by atoms with van der Waals surface area (Å²) in [5.74, 6) is -0.209. The van der Waals surface area contributed by atoms with Crippen LogP contribution < -0.4 is 10.9 Å². The molecule has 0 atom stereocenters. The zero-order valence-electron chi connectivity index (χ0n) is 15.8. The average molecular weight is 364 g/mol. The summed E-state index contributed by atoms with van der Waals surface area (Å²) < 4.78 is 3.31. The van der Waals surface area contributed by atoms with Crippen LogP contribution in [0.1, 0.15) is 11.3 Å². The number of carbonyl (C=O) groups is 1. The minimum absolute atomic E-state index is 0.202. The zero-order chi connectivity index (χ0) is 19.4. The van der Waals surface area contributed by atoms with E-state index < -0.39 is 0 Å². The van der Waals surface area contributed by atoms with E-state index in [0.717, 1.165) is 11.3 Å². The van der Waals surface area contributed by atoms with Gasteiger partial charge in [0.2, 0.25) is 5.91 Å². The summed E-state index contributed by atoms with van der Waals surface area (Å²) in [5, 5.41) is 2.79. The second kappa shape index (κ2) is 8.05. The van der Waals surface area contributed by atoms with Gasteiger partial charge in [-0.3, -0.25) is 19.2 Å². The lowest BCUT2D eigenvalue weighted by molar-refractivity contribution is -0.117. The lowest BCUT2D eigenvalue weighted by atomic mass is 10.2. The van der Waals surface area contributed by atoms with Crippen molar-refractivity contribution in [2.75, 3.05) is 18.9 Å². The van der Waals surface area contributed by atoms with Crippen LogP contribution in [-0.2, 0) is 18.4 Å². The van der Waals surface area contributed by atoms with Crippen molar-refractivity contribution >= 4 is 11.6 Å². The number of amides is 1. The number of nitrogens with zero attached hydrogens (tertiary/aromatic N) is 3. The molecule has 0 aliphatic rings. The molecule has 0 aliphatic carbocycles. The molecule has 3 aromatic rings. The third-order valence-corrected chi connectivity index (χ3v) is 4.53. The summed E-state index contributed by atoms with van der Waals surface area (Å²) in [5.41, 5.74) is 2.69. The molecular formula is C21H24N4O2. The highest BCUT2D eigenvalue weighted by atomic mass is 16.2. The standard InChI is InChI=1S/C21H24N4O2/c1-16-20(21(27)25(24(16)3)18-12-8-5-9-13-18)22-19(26)15-23(2)14-17-10-6-4-7-11-17/h4-13H,14-15H2,1-3H3,(H,22,26). The van der Waals surface area contributed by atoms with E-state index in [0.29, 0.717) is 17.9 Å². The van der Waals surface area contributed by atoms with Gasteiger partial charge in [-0.1, -0.05) is 48.5 Å². The monoisotopic (exact) mass is 364 g/mol. The smallest absolute Gasteiger partial charge is 0.295 e. The lowest BCUT2D eigenvalue weighted by Gasteiger charge is -2.16. The van der Waals surface area contributed by atoms with Crippen molar-refractivity contribution in [2.24, 2.45) is 7.05 Å². The third kappa shape index (κ3) is 4.17. The molecule has 6 nitrogen and oxygen atoms in total. The second-order valence-electron chi connectivity index (χ2n) is 6.64. The first kappa shape index (κ1) is 18.7. The van der Waals surface area contributed by atoms with Gasteiger partial charge in [0.05, 0.1) is 17.9 Å². The largest absolute Gasteiger partial charge is 0.319 e. The van der Waals surface area contributed by atoms with Crippen LogP contribution in [0.15, 0.2) is 65.5 Å². The Bertz CT molecular complexity index is 975. The number of aromatic nitrogens is 2. The van der Waals surface area contributed by atoms with Gasteiger partial charge < -0.3 is 5.32 Å². The second-order valence-corrected chi connectivity index (χ2v) is 6.64. The molecule has 0 spiro atoms. The fraction of sp³-hybridized carbons (Fsp3) is 0.238. The van der Waals surface area contributed by atoms with Crippen molar-refractivity contribution in [3.05, 3.63) is 82.3 Å². The minimum Gasteiger partial charge on any atom is -0.319 e. The topological polar surface area (TPSA) is 59.3 Å². The van der Waals surface area contributed by atoms with E-state index in [-0.39, 0.29) is 18.0 Å². The zero-order valence-corrected chi connectivity index (χ0v) is 15.8. The lowest BCUT2D eigenvalue weighted by Crippen LogP contribution is -2.31. The van der Waals surface area contributed by atoms with Gasteiger partial charge in [-0.05, 0) is 31.7 Å². The molecule has 0 aliphatic heterocycles. The van der Waals surface area contributed by atoms with Gasteiger partial charge in [0.1, 0.15) is 5.69 Å². The van der Waals surface area contributed by atoms with Crippen molar-refractivity contribution < 1.29 is 4.79 Å². The average Bonchev–Trinajstić information content (AvgIpc) is 2.86. The van der Waals surface area contributed by atoms with E-state index in [2.05, 4.69) is 5.32 Å². The minimum atomic E-state index is -0.236. The summed E-state index contributed by atoms with van der Waals surface area (Å²) in [6, 6.07) is 19.3. The Morgan fingerprint density at radius 1 is 1.04 bits per heavy atom. The SMILES string of the molecule is Cc1c(NC(=O)CN(C)Cc2ccccc2)c(=O)n(-c2ccccc2)n1C. The van der Waals surface area contributed by atoms with Crippen LogP contribution in [-0.4, -0.2) is 33.8 Å². The van der Waals surface area contributed by atoms with Gasteiger partial charge >= 0.3 is 0 Å². The summed E-state index contributed by atoms with van der Waals surface area (Å²) in [4.78, 5) is 27.2. The molecule has 0 fully saturated rings. The van der Waals surface area contributed by atoms with E-state index in [1.54, 1.807) is 16.4 Å². The number of para-hydroxylation sites is 1.